The molecule has 7 nitrogen and oxygen atoms in total. The number of hydrogen-bond acceptors (Lipinski definition) is 4. The molecule has 0 radical (unpaired) electrons. The van der Waals surface area contributed by atoms with Gasteiger partial charge in [-0.3, -0.25) is 14.5 Å². The Bertz CT molecular complexity index is 912. The van der Waals surface area contributed by atoms with Crippen molar-refractivity contribution < 1.29 is 19.1 Å². The molecule has 1 heterocycles. The van der Waals surface area contributed by atoms with E-state index in [1.165, 1.54) is 4.90 Å². The number of hydrogen-bond donors (Lipinski definition) is 2. The number of amides is 3. The summed E-state index contributed by atoms with van der Waals surface area (Å²) in [4.78, 5) is 39.0. The van der Waals surface area contributed by atoms with Crippen LogP contribution in [0.3, 0.4) is 0 Å². The van der Waals surface area contributed by atoms with Crippen LogP contribution in [0.15, 0.2) is 54.6 Å². The van der Waals surface area contributed by atoms with Crippen molar-refractivity contribution >= 4 is 23.6 Å². The Morgan fingerprint density at radius 1 is 1.06 bits per heavy atom. The Labute approximate surface area is 182 Å². The summed E-state index contributed by atoms with van der Waals surface area (Å²) in [5.41, 5.74) is 2.27. The van der Waals surface area contributed by atoms with Gasteiger partial charge in [-0.25, -0.2) is 4.79 Å². The molecule has 1 fully saturated rings. The van der Waals surface area contributed by atoms with Crippen molar-refractivity contribution in [1.82, 2.24) is 10.2 Å². The van der Waals surface area contributed by atoms with Crippen LogP contribution in [0, 0.1) is 5.92 Å². The van der Waals surface area contributed by atoms with E-state index in [1.807, 2.05) is 51.1 Å². The molecule has 3 rings (SSSR count). The van der Waals surface area contributed by atoms with Crippen LogP contribution in [0.1, 0.15) is 44.4 Å². The number of cyclic esters (lactones) is 1. The van der Waals surface area contributed by atoms with Gasteiger partial charge in [-0.1, -0.05) is 56.3 Å². The molecule has 1 saturated heterocycles. The number of rotatable bonds is 8. The first-order valence-corrected chi connectivity index (χ1v) is 10.6. The van der Waals surface area contributed by atoms with E-state index < -0.39 is 18.2 Å². The van der Waals surface area contributed by atoms with E-state index >= 15 is 0 Å². The van der Waals surface area contributed by atoms with E-state index in [0.717, 1.165) is 5.56 Å². The first kappa shape index (κ1) is 22.3. The second-order valence-electron chi connectivity index (χ2n) is 8.03. The van der Waals surface area contributed by atoms with Gasteiger partial charge in [0.2, 0.25) is 11.8 Å². The van der Waals surface area contributed by atoms with Crippen LogP contribution in [0.5, 0.6) is 0 Å². The molecule has 0 saturated carbocycles. The lowest BCUT2D eigenvalue weighted by Crippen LogP contribution is -2.46. The minimum atomic E-state index is -0.783. The summed E-state index contributed by atoms with van der Waals surface area (Å²) in [6.07, 6.45) is -0.821. The molecule has 2 aromatic rings. The highest BCUT2D eigenvalue weighted by atomic mass is 16.6. The summed E-state index contributed by atoms with van der Waals surface area (Å²) < 4.78 is 5.62. The van der Waals surface area contributed by atoms with E-state index in [1.54, 1.807) is 24.3 Å². The lowest BCUT2D eigenvalue weighted by Gasteiger charge is -2.24. The fourth-order valence-electron chi connectivity index (χ4n) is 3.61. The van der Waals surface area contributed by atoms with Gasteiger partial charge in [0.15, 0.2) is 12.1 Å². The molecule has 3 amide bonds. The van der Waals surface area contributed by atoms with Gasteiger partial charge in [-0.2, -0.15) is 0 Å². The van der Waals surface area contributed by atoms with Crippen molar-refractivity contribution in [3.05, 3.63) is 65.7 Å². The zero-order chi connectivity index (χ0) is 22.4. The number of carbonyl (C=O) groups excluding carboxylic acids is 3. The van der Waals surface area contributed by atoms with Gasteiger partial charge in [0, 0.05) is 18.7 Å². The summed E-state index contributed by atoms with van der Waals surface area (Å²) in [7, 11) is 0. The molecule has 2 aromatic carbocycles. The Morgan fingerprint density at radius 2 is 1.74 bits per heavy atom. The number of nitrogens with one attached hydrogen (secondary N) is 2. The van der Waals surface area contributed by atoms with Gasteiger partial charge in [0.25, 0.3) is 0 Å². The Kier molecular flexibility index (Phi) is 7.28. The minimum Gasteiger partial charge on any atom is -0.438 e. The lowest BCUT2D eigenvalue weighted by atomic mass is 10.00. The average Bonchev–Trinajstić information content (AvgIpc) is 3.05. The maximum absolute atomic E-state index is 12.8. The molecule has 7 heteroatoms. The summed E-state index contributed by atoms with van der Waals surface area (Å²) in [6.45, 7) is 6.54. The molecule has 0 spiro atoms. The lowest BCUT2D eigenvalue weighted by molar-refractivity contribution is -0.126. The monoisotopic (exact) mass is 423 g/mol. The number of anilines is 1. The summed E-state index contributed by atoms with van der Waals surface area (Å²) in [5.74, 6) is -0.0431. The predicted octanol–water partition coefficient (Wildman–Crippen LogP) is 3.87. The Hall–Kier alpha value is -3.35. The van der Waals surface area contributed by atoms with Crippen LogP contribution in [0.25, 0.3) is 0 Å². The third kappa shape index (κ3) is 5.63. The topological polar surface area (TPSA) is 87.7 Å². The average molecular weight is 424 g/mol. The smallest absolute Gasteiger partial charge is 0.411 e. The maximum atomic E-state index is 12.8. The molecule has 0 bridgehead atoms. The van der Waals surface area contributed by atoms with Gasteiger partial charge in [0.05, 0.1) is 6.54 Å². The highest BCUT2D eigenvalue weighted by Gasteiger charge is 2.46. The minimum absolute atomic E-state index is 0.0516. The summed E-state index contributed by atoms with van der Waals surface area (Å²) in [5, 5.41) is 5.67. The summed E-state index contributed by atoms with van der Waals surface area (Å²) >= 11 is 0. The van der Waals surface area contributed by atoms with E-state index in [-0.39, 0.29) is 24.3 Å². The van der Waals surface area contributed by atoms with Crippen LogP contribution in [0.2, 0.25) is 0 Å². The van der Waals surface area contributed by atoms with Gasteiger partial charge < -0.3 is 15.4 Å². The van der Waals surface area contributed by atoms with E-state index in [9.17, 15) is 14.4 Å². The second kappa shape index (κ2) is 10.1. The van der Waals surface area contributed by atoms with E-state index in [0.29, 0.717) is 24.2 Å². The fourth-order valence-corrected chi connectivity index (χ4v) is 3.61. The molecule has 1 aliphatic rings. The normalized spacial score (nSPS) is 18.1. The van der Waals surface area contributed by atoms with Crippen molar-refractivity contribution in [3.8, 4) is 0 Å². The Morgan fingerprint density at radius 3 is 2.35 bits per heavy atom. The number of ether oxygens (including phenoxy) is 1. The highest BCUT2D eigenvalue weighted by molar-refractivity contribution is 5.91. The van der Waals surface area contributed by atoms with Crippen molar-refractivity contribution in [2.24, 2.45) is 5.92 Å². The predicted molar refractivity (Wildman–Crippen MR) is 118 cm³/mol. The van der Waals surface area contributed by atoms with Crippen molar-refractivity contribution in [3.63, 3.8) is 0 Å². The molecule has 0 aliphatic carbocycles. The first-order valence-electron chi connectivity index (χ1n) is 10.6. The van der Waals surface area contributed by atoms with E-state index in [4.69, 9.17) is 4.74 Å². The largest absolute Gasteiger partial charge is 0.438 e. The SMILES string of the molecule is CCNC(=O)C1C(c2ccc(NC(=O)CC(C)C)cc2)OC(=O)N1Cc1ccccc1. The zero-order valence-electron chi connectivity index (χ0n) is 18.1. The molecular formula is C24H29N3O4. The third-order valence-corrected chi connectivity index (χ3v) is 5.02. The van der Waals surface area contributed by atoms with Crippen molar-refractivity contribution in [2.75, 3.05) is 11.9 Å². The number of carbonyl (C=O) groups is 3. The Balaban J connectivity index is 1.80. The van der Waals surface area contributed by atoms with Gasteiger partial charge in [-0.15, -0.1) is 0 Å². The molecule has 1 aliphatic heterocycles. The van der Waals surface area contributed by atoms with Crippen LogP contribution in [-0.2, 0) is 20.9 Å². The van der Waals surface area contributed by atoms with Gasteiger partial charge in [-0.05, 0) is 36.1 Å². The molecule has 2 unspecified atom stereocenters. The van der Waals surface area contributed by atoms with Crippen LogP contribution in [-0.4, -0.2) is 35.4 Å². The van der Waals surface area contributed by atoms with E-state index in [2.05, 4.69) is 10.6 Å². The standard InChI is InChI=1S/C24H29N3O4/c1-4-25-23(29)21-22(31-24(30)27(21)15-17-8-6-5-7-9-17)18-10-12-19(13-11-18)26-20(28)14-16(2)3/h5-13,16,21-22H,4,14-15H2,1-3H3,(H,25,29)(H,26,28). The zero-order valence-corrected chi connectivity index (χ0v) is 18.1. The molecule has 2 atom stereocenters. The third-order valence-electron chi connectivity index (χ3n) is 5.02. The molecule has 0 aromatic heterocycles. The fraction of sp³-hybridized carbons (Fsp3) is 0.375. The molecular weight excluding hydrogens is 394 g/mol. The first-order chi connectivity index (χ1) is 14.9. The summed E-state index contributed by atoms with van der Waals surface area (Å²) in [6, 6.07) is 15.8. The van der Waals surface area contributed by atoms with Crippen LogP contribution < -0.4 is 10.6 Å². The van der Waals surface area contributed by atoms with Gasteiger partial charge >= 0.3 is 6.09 Å². The maximum Gasteiger partial charge on any atom is 0.411 e. The second-order valence-corrected chi connectivity index (χ2v) is 8.03. The highest BCUT2D eigenvalue weighted by Crippen LogP contribution is 2.34. The number of nitrogens with zero attached hydrogens (tertiary/aromatic N) is 1. The number of benzene rings is 2. The quantitative estimate of drug-likeness (QED) is 0.675. The number of likely N-dealkylation sites (N-methyl/N-ethyl adjacent to an activating group) is 1. The molecule has 164 valence electrons. The van der Waals surface area contributed by atoms with Crippen LogP contribution in [0.4, 0.5) is 10.5 Å². The van der Waals surface area contributed by atoms with Gasteiger partial charge in [0.1, 0.15) is 0 Å². The molecule has 2 N–H and O–H groups in total. The van der Waals surface area contributed by atoms with Crippen molar-refractivity contribution in [2.45, 2.75) is 45.9 Å². The molecule has 31 heavy (non-hydrogen) atoms. The van der Waals surface area contributed by atoms with Crippen molar-refractivity contribution in [1.29, 1.82) is 0 Å². The van der Waals surface area contributed by atoms with Crippen LogP contribution >= 0.6 is 0 Å².